The number of nitrogens with zero attached hydrogens (tertiary/aromatic N) is 1. The van der Waals surface area contributed by atoms with Crippen molar-refractivity contribution in [1.29, 1.82) is 0 Å². The zero-order valence-corrected chi connectivity index (χ0v) is 18.8. The largest absolute Gasteiger partial charge is 0.454 e. The third-order valence-electron chi connectivity index (χ3n) is 6.81. The fourth-order valence-electron chi connectivity index (χ4n) is 5.30. The lowest BCUT2D eigenvalue weighted by Crippen LogP contribution is -2.37. The molecule has 34 heavy (non-hydrogen) atoms. The number of para-hydroxylation sites is 2. The first-order valence-electron chi connectivity index (χ1n) is 11.5. The molecule has 1 N–H and O–H groups in total. The summed E-state index contributed by atoms with van der Waals surface area (Å²) in [5.41, 5.74) is 5.02. The fourth-order valence-corrected chi connectivity index (χ4v) is 5.30. The van der Waals surface area contributed by atoms with Gasteiger partial charge < -0.3 is 14.8 Å². The molecule has 1 aliphatic carbocycles. The maximum Gasteiger partial charge on any atom is 0.231 e. The van der Waals surface area contributed by atoms with Crippen molar-refractivity contribution in [3.63, 3.8) is 0 Å². The van der Waals surface area contributed by atoms with Gasteiger partial charge in [-0.3, -0.25) is 14.5 Å². The van der Waals surface area contributed by atoms with Crippen LogP contribution in [0, 0.1) is 0 Å². The van der Waals surface area contributed by atoms with Crippen LogP contribution in [0.5, 0.6) is 11.5 Å². The quantitative estimate of drug-likeness (QED) is 0.569. The minimum atomic E-state index is -0.567. The number of hydrogen-bond donors (Lipinski definition) is 1. The first-order chi connectivity index (χ1) is 16.6. The molecule has 6 nitrogen and oxygen atoms in total. The Balaban J connectivity index is 1.54. The molecule has 1 amide bonds. The number of hydrogen-bond acceptors (Lipinski definition) is 5. The van der Waals surface area contributed by atoms with Crippen LogP contribution in [0.15, 0.2) is 84.1 Å². The number of nitrogens with one attached hydrogen (secondary N) is 1. The van der Waals surface area contributed by atoms with Crippen LogP contribution < -0.4 is 19.7 Å². The highest BCUT2D eigenvalue weighted by atomic mass is 16.7. The van der Waals surface area contributed by atoms with Crippen molar-refractivity contribution in [2.75, 3.05) is 17.0 Å². The van der Waals surface area contributed by atoms with Gasteiger partial charge in [0.05, 0.1) is 17.4 Å². The first-order valence-corrected chi connectivity index (χ1v) is 11.5. The predicted octanol–water partition coefficient (Wildman–Crippen LogP) is 5.34. The Hall–Kier alpha value is -4.06. The van der Waals surface area contributed by atoms with Crippen molar-refractivity contribution in [1.82, 2.24) is 0 Å². The van der Waals surface area contributed by atoms with Gasteiger partial charge in [0.15, 0.2) is 17.3 Å². The Labute approximate surface area is 197 Å². The van der Waals surface area contributed by atoms with Crippen molar-refractivity contribution in [2.24, 2.45) is 0 Å². The molecule has 6 rings (SSSR count). The molecule has 0 spiro atoms. The van der Waals surface area contributed by atoms with E-state index in [4.69, 9.17) is 9.47 Å². The van der Waals surface area contributed by atoms with Crippen molar-refractivity contribution in [3.05, 3.63) is 95.2 Å². The van der Waals surface area contributed by atoms with E-state index in [0.717, 1.165) is 28.2 Å². The average molecular weight is 453 g/mol. The van der Waals surface area contributed by atoms with E-state index in [1.807, 2.05) is 60.7 Å². The van der Waals surface area contributed by atoms with Gasteiger partial charge in [0.25, 0.3) is 0 Å². The molecule has 3 aromatic carbocycles. The summed E-state index contributed by atoms with van der Waals surface area (Å²) >= 11 is 0. The summed E-state index contributed by atoms with van der Waals surface area (Å²) in [6, 6.07) is 22.9. The molecule has 0 fully saturated rings. The summed E-state index contributed by atoms with van der Waals surface area (Å²) in [7, 11) is 0. The molecule has 6 heteroatoms. The molecule has 3 aliphatic rings. The molecule has 0 saturated heterocycles. The number of carbonyl (C=O) groups is 2. The number of benzene rings is 3. The summed E-state index contributed by atoms with van der Waals surface area (Å²) in [4.78, 5) is 28.6. The Morgan fingerprint density at radius 1 is 0.912 bits per heavy atom. The number of amides is 1. The number of allylic oxidation sites excluding steroid dienone is 1. The maximum absolute atomic E-state index is 13.8. The molecular weight excluding hydrogens is 428 g/mol. The lowest BCUT2D eigenvalue weighted by atomic mass is 9.78. The van der Waals surface area contributed by atoms with Gasteiger partial charge in [0.1, 0.15) is 0 Å². The van der Waals surface area contributed by atoms with Crippen LogP contribution in [-0.2, 0) is 9.59 Å². The van der Waals surface area contributed by atoms with Gasteiger partial charge in [-0.15, -0.1) is 0 Å². The molecule has 3 aromatic rings. The topological polar surface area (TPSA) is 67.9 Å². The van der Waals surface area contributed by atoms with Crippen LogP contribution in [0.25, 0.3) is 0 Å². The van der Waals surface area contributed by atoms with Crippen molar-refractivity contribution in [3.8, 4) is 11.5 Å². The zero-order valence-electron chi connectivity index (χ0n) is 18.8. The van der Waals surface area contributed by atoms with E-state index >= 15 is 0 Å². The molecule has 170 valence electrons. The summed E-state index contributed by atoms with van der Waals surface area (Å²) in [6.45, 7) is 1.71. The highest BCUT2D eigenvalue weighted by molar-refractivity contribution is 6.06. The van der Waals surface area contributed by atoms with Gasteiger partial charge in [-0.25, -0.2) is 0 Å². The molecule has 2 atom stereocenters. The van der Waals surface area contributed by atoms with Crippen LogP contribution >= 0.6 is 0 Å². The van der Waals surface area contributed by atoms with Crippen molar-refractivity contribution < 1.29 is 19.1 Å². The Kier molecular flexibility index (Phi) is 4.87. The van der Waals surface area contributed by atoms with E-state index in [2.05, 4.69) is 17.4 Å². The highest BCUT2D eigenvalue weighted by Gasteiger charge is 2.41. The highest BCUT2D eigenvalue weighted by Crippen LogP contribution is 2.48. The van der Waals surface area contributed by atoms with E-state index in [1.54, 1.807) is 11.8 Å². The summed E-state index contributed by atoms with van der Waals surface area (Å²) < 4.78 is 11.1. The van der Waals surface area contributed by atoms with Crippen LogP contribution in [0.4, 0.5) is 11.4 Å². The van der Waals surface area contributed by atoms with Crippen molar-refractivity contribution in [2.45, 2.75) is 31.7 Å². The van der Waals surface area contributed by atoms with Crippen LogP contribution in [0.2, 0.25) is 0 Å². The molecule has 2 aliphatic heterocycles. The van der Waals surface area contributed by atoms with Gasteiger partial charge >= 0.3 is 0 Å². The molecule has 2 heterocycles. The maximum atomic E-state index is 13.8. The summed E-state index contributed by atoms with van der Waals surface area (Å²) in [6.07, 6.45) is 1.08. The number of rotatable bonds is 2. The van der Waals surface area contributed by atoms with Gasteiger partial charge in [0, 0.05) is 24.6 Å². The number of fused-ring (bicyclic) bond motifs is 2. The number of ether oxygens (including phenoxy) is 2. The van der Waals surface area contributed by atoms with E-state index in [-0.39, 0.29) is 24.4 Å². The Morgan fingerprint density at radius 2 is 1.68 bits per heavy atom. The lowest BCUT2D eigenvalue weighted by Gasteiger charge is -2.34. The molecule has 0 bridgehead atoms. The van der Waals surface area contributed by atoms with Crippen LogP contribution in [0.1, 0.15) is 42.9 Å². The van der Waals surface area contributed by atoms with Gasteiger partial charge in [-0.05, 0) is 47.7 Å². The zero-order chi connectivity index (χ0) is 23.2. The second-order valence-electron chi connectivity index (χ2n) is 8.88. The first kappa shape index (κ1) is 20.5. The van der Waals surface area contributed by atoms with E-state index in [1.165, 1.54) is 0 Å². The van der Waals surface area contributed by atoms with E-state index in [9.17, 15) is 9.59 Å². The van der Waals surface area contributed by atoms with Crippen molar-refractivity contribution >= 4 is 23.1 Å². The molecule has 0 unspecified atom stereocenters. The van der Waals surface area contributed by atoms with E-state index in [0.29, 0.717) is 29.9 Å². The molecule has 0 saturated carbocycles. The number of Topliss-reactive ketones (excluding diaryl/α,β-unsaturated/α-hetero) is 1. The minimum absolute atomic E-state index is 0.0457. The second kappa shape index (κ2) is 8.06. The molecule has 0 aromatic heterocycles. The van der Waals surface area contributed by atoms with Gasteiger partial charge in [-0.2, -0.15) is 0 Å². The third kappa shape index (κ3) is 3.34. The van der Waals surface area contributed by atoms with Gasteiger partial charge in [-0.1, -0.05) is 48.5 Å². The predicted molar refractivity (Wildman–Crippen MR) is 129 cm³/mol. The SMILES string of the molecule is CC(=O)N1c2ccccc2NC2=C(C(=O)C[C@H](c3ccccc3)C2)[C@H]1c1ccc2c(c1)OCO2. The Bertz CT molecular complexity index is 1330. The summed E-state index contributed by atoms with van der Waals surface area (Å²) in [5.74, 6) is 1.28. The fraction of sp³-hybridized carbons (Fsp3) is 0.214. The molecule has 0 radical (unpaired) electrons. The van der Waals surface area contributed by atoms with Gasteiger partial charge in [0.2, 0.25) is 12.7 Å². The second-order valence-corrected chi connectivity index (χ2v) is 8.88. The monoisotopic (exact) mass is 452 g/mol. The number of carbonyl (C=O) groups excluding carboxylic acids is 2. The smallest absolute Gasteiger partial charge is 0.231 e. The molecular formula is C28H24N2O4. The van der Waals surface area contributed by atoms with E-state index < -0.39 is 6.04 Å². The third-order valence-corrected chi connectivity index (χ3v) is 6.81. The van der Waals surface area contributed by atoms with Crippen LogP contribution in [0.3, 0.4) is 0 Å². The lowest BCUT2D eigenvalue weighted by molar-refractivity contribution is -0.117. The summed E-state index contributed by atoms with van der Waals surface area (Å²) in [5, 5.41) is 3.54. The standard InChI is InChI=1S/C28H24N2O4/c1-17(31)30-23-10-6-5-9-21(23)29-22-13-20(18-7-3-2-4-8-18)14-24(32)27(22)28(30)19-11-12-25-26(15-19)34-16-33-25/h2-12,15,20,28-29H,13-14,16H2,1H3/t20-,28-/m1/s1. The normalized spacial score (nSPS) is 20.9. The number of anilines is 2. The Morgan fingerprint density at radius 3 is 2.50 bits per heavy atom. The average Bonchev–Trinajstić information content (AvgIpc) is 3.26. The minimum Gasteiger partial charge on any atom is -0.454 e. The van der Waals surface area contributed by atoms with Crippen LogP contribution in [-0.4, -0.2) is 18.5 Å². The number of ketones is 1.